The van der Waals surface area contributed by atoms with Gasteiger partial charge in [0, 0.05) is 6.42 Å². The van der Waals surface area contributed by atoms with Gasteiger partial charge in [0.2, 0.25) is 4.75 Å². The third-order valence-corrected chi connectivity index (χ3v) is 5.46. The van der Waals surface area contributed by atoms with Crippen LogP contribution in [0.3, 0.4) is 0 Å². The van der Waals surface area contributed by atoms with Crippen molar-refractivity contribution in [2.24, 2.45) is 0 Å². The molecule has 3 aliphatic heterocycles. The Bertz CT molecular complexity index is 445. The molecule has 92 valence electrons. The SMILES string of the molecule is O=S1(=O)OC2C(O)C3CC1(C(F)(F)F)C2O3. The van der Waals surface area contributed by atoms with Crippen molar-refractivity contribution < 1.29 is 35.6 Å². The molecule has 3 rings (SSSR count). The van der Waals surface area contributed by atoms with Crippen molar-refractivity contribution in [1.82, 2.24) is 0 Å². The molecule has 0 aromatic rings. The van der Waals surface area contributed by atoms with Crippen molar-refractivity contribution in [3.05, 3.63) is 0 Å². The molecule has 5 unspecified atom stereocenters. The predicted molar refractivity (Wildman–Crippen MR) is 41.9 cm³/mol. The molecular formula is C7H7F3O5S. The molecule has 9 heteroatoms. The highest BCUT2D eigenvalue weighted by molar-refractivity contribution is 7.88. The van der Waals surface area contributed by atoms with Crippen molar-refractivity contribution in [2.45, 2.75) is 41.8 Å². The number of rotatable bonds is 0. The average molecular weight is 260 g/mol. The molecule has 3 fully saturated rings. The van der Waals surface area contributed by atoms with Gasteiger partial charge in [-0.15, -0.1) is 0 Å². The number of aliphatic hydroxyl groups is 1. The van der Waals surface area contributed by atoms with Crippen molar-refractivity contribution >= 4 is 10.1 Å². The number of hydrogen-bond acceptors (Lipinski definition) is 5. The quantitative estimate of drug-likeness (QED) is 0.597. The molecule has 0 radical (unpaired) electrons. The largest absolute Gasteiger partial charge is 0.413 e. The van der Waals surface area contributed by atoms with Crippen LogP contribution < -0.4 is 0 Å². The zero-order chi connectivity index (χ0) is 11.9. The fourth-order valence-electron chi connectivity index (χ4n) is 2.70. The number of halogens is 3. The van der Waals surface area contributed by atoms with E-state index >= 15 is 0 Å². The molecule has 0 saturated carbocycles. The summed E-state index contributed by atoms with van der Waals surface area (Å²) in [5.41, 5.74) is 0. The van der Waals surface area contributed by atoms with Gasteiger partial charge < -0.3 is 9.84 Å². The lowest BCUT2D eigenvalue weighted by Crippen LogP contribution is -2.57. The Labute approximate surface area is 88.3 Å². The lowest BCUT2D eigenvalue weighted by molar-refractivity contribution is -0.172. The normalized spacial score (nSPS) is 53.5. The van der Waals surface area contributed by atoms with E-state index in [-0.39, 0.29) is 0 Å². The van der Waals surface area contributed by atoms with Crippen LogP contribution in [0.25, 0.3) is 0 Å². The van der Waals surface area contributed by atoms with Gasteiger partial charge in [-0.25, -0.2) is 0 Å². The number of alkyl halides is 3. The van der Waals surface area contributed by atoms with Crippen LogP contribution >= 0.6 is 0 Å². The fourth-order valence-corrected chi connectivity index (χ4v) is 4.50. The molecule has 0 spiro atoms. The second-order valence-corrected chi connectivity index (χ2v) is 6.02. The molecule has 2 bridgehead atoms. The van der Waals surface area contributed by atoms with Gasteiger partial charge in [0.1, 0.15) is 18.3 Å². The number of hydrogen-bond donors (Lipinski definition) is 1. The molecule has 3 saturated heterocycles. The van der Waals surface area contributed by atoms with E-state index in [9.17, 15) is 26.7 Å². The van der Waals surface area contributed by atoms with Crippen molar-refractivity contribution in [2.75, 3.05) is 0 Å². The fraction of sp³-hybridized carbons (Fsp3) is 1.00. The first-order valence-electron chi connectivity index (χ1n) is 4.54. The summed E-state index contributed by atoms with van der Waals surface area (Å²) in [7, 11) is -4.79. The highest BCUT2D eigenvalue weighted by atomic mass is 32.2. The Hall–Kier alpha value is -0.380. The molecule has 5 nitrogen and oxygen atoms in total. The van der Waals surface area contributed by atoms with Crippen molar-refractivity contribution in [3.8, 4) is 0 Å². The van der Waals surface area contributed by atoms with Crippen LogP contribution in [-0.4, -0.2) is 48.9 Å². The first kappa shape index (κ1) is 10.8. The highest BCUT2D eigenvalue weighted by Crippen LogP contribution is 2.60. The Morgan fingerprint density at radius 2 is 2.00 bits per heavy atom. The van der Waals surface area contributed by atoms with Gasteiger partial charge in [-0.2, -0.15) is 21.6 Å². The van der Waals surface area contributed by atoms with E-state index in [0.29, 0.717) is 0 Å². The first-order valence-corrected chi connectivity index (χ1v) is 5.95. The lowest BCUT2D eigenvalue weighted by Gasteiger charge is -2.29. The second-order valence-electron chi connectivity index (χ2n) is 4.19. The van der Waals surface area contributed by atoms with Crippen LogP contribution in [-0.2, 0) is 19.0 Å². The van der Waals surface area contributed by atoms with Gasteiger partial charge in [-0.05, 0) is 0 Å². The van der Waals surface area contributed by atoms with E-state index in [4.69, 9.17) is 4.74 Å². The van der Waals surface area contributed by atoms with Crippen LogP contribution in [0.2, 0.25) is 0 Å². The van der Waals surface area contributed by atoms with Gasteiger partial charge >= 0.3 is 6.18 Å². The van der Waals surface area contributed by atoms with Gasteiger partial charge in [0.25, 0.3) is 10.1 Å². The highest BCUT2D eigenvalue weighted by Gasteiger charge is 2.83. The molecule has 3 heterocycles. The predicted octanol–water partition coefficient (Wildman–Crippen LogP) is -0.452. The van der Waals surface area contributed by atoms with Gasteiger partial charge in [-0.3, -0.25) is 4.18 Å². The first-order chi connectivity index (χ1) is 7.21. The molecule has 0 aromatic carbocycles. The summed E-state index contributed by atoms with van der Waals surface area (Å²) in [5, 5.41) is 9.44. The van der Waals surface area contributed by atoms with E-state index < -0.39 is 51.9 Å². The van der Waals surface area contributed by atoms with Crippen LogP contribution in [0.4, 0.5) is 13.2 Å². The minimum Gasteiger partial charge on any atom is -0.388 e. The van der Waals surface area contributed by atoms with Gasteiger partial charge in [-0.1, -0.05) is 0 Å². The monoisotopic (exact) mass is 260 g/mol. The molecular weight excluding hydrogens is 253 g/mol. The van der Waals surface area contributed by atoms with E-state index in [2.05, 4.69) is 4.18 Å². The molecule has 3 aliphatic rings. The maximum Gasteiger partial charge on any atom is 0.413 e. The number of aliphatic hydroxyl groups excluding tert-OH is 1. The van der Waals surface area contributed by atoms with Crippen LogP contribution in [0.15, 0.2) is 0 Å². The summed E-state index contributed by atoms with van der Waals surface area (Å²) in [5.74, 6) is 0. The van der Waals surface area contributed by atoms with Gasteiger partial charge in [0.15, 0.2) is 0 Å². The Morgan fingerprint density at radius 3 is 2.50 bits per heavy atom. The maximum atomic E-state index is 12.9. The number of ether oxygens (including phenoxy) is 1. The van der Waals surface area contributed by atoms with Crippen LogP contribution in [0.1, 0.15) is 6.42 Å². The lowest BCUT2D eigenvalue weighted by atomic mass is 9.84. The van der Waals surface area contributed by atoms with E-state index in [1.165, 1.54) is 0 Å². The molecule has 5 atom stereocenters. The van der Waals surface area contributed by atoms with E-state index in [0.717, 1.165) is 0 Å². The molecule has 1 N–H and O–H groups in total. The van der Waals surface area contributed by atoms with Crippen LogP contribution in [0, 0.1) is 0 Å². The van der Waals surface area contributed by atoms with E-state index in [1.807, 2.05) is 0 Å². The Morgan fingerprint density at radius 1 is 1.38 bits per heavy atom. The molecule has 0 aromatic heterocycles. The average Bonchev–Trinajstić information content (AvgIpc) is 2.66. The zero-order valence-electron chi connectivity index (χ0n) is 7.64. The van der Waals surface area contributed by atoms with Crippen molar-refractivity contribution in [1.29, 1.82) is 0 Å². The second kappa shape index (κ2) is 2.55. The summed E-state index contributed by atoms with van der Waals surface area (Å²) >= 11 is 0. The van der Waals surface area contributed by atoms with Crippen molar-refractivity contribution in [3.63, 3.8) is 0 Å². The Kier molecular flexibility index (Phi) is 1.71. The zero-order valence-corrected chi connectivity index (χ0v) is 8.46. The van der Waals surface area contributed by atoms with Gasteiger partial charge in [0.05, 0.1) is 6.10 Å². The summed E-state index contributed by atoms with van der Waals surface area (Å²) in [6.07, 6.45) is -11.2. The molecule has 0 aliphatic carbocycles. The maximum absolute atomic E-state index is 12.9. The Balaban J connectivity index is 2.20. The molecule has 0 amide bonds. The number of fused-ring (bicyclic) bond motifs is 1. The summed E-state index contributed by atoms with van der Waals surface area (Å²) in [4.78, 5) is 0. The minimum atomic E-state index is -4.96. The summed E-state index contributed by atoms with van der Waals surface area (Å²) < 4.78 is 67.8. The minimum absolute atomic E-state index is 0.791. The standard InChI is InChI=1S/C7H7F3O5S/c8-7(9,10)6-1-2-3(11)4(5(6)14-2)15-16(6,12)13/h2-5,11H,1H2. The third-order valence-electron chi connectivity index (χ3n) is 3.47. The third kappa shape index (κ3) is 0.881. The smallest absolute Gasteiger partial charge is 0.388 e. The summed E-state index contributed by atoms with van der Waals surface area (Å²) in [6, 6.07) is 0. The van der Waals surface area contributed by atoms with E-state index in [1.54, 1.807) is 0 Å². The molecule has 16 heavy (non-hydrogen) atoms. The summed E-state index contributed by atoms with van der Waals surface area (Å²) in [6.45, 7) is 0. The van der Waals surface area contributed by atoms with Crippen LogP contribution in [0.5, 0.6) is 0 Å². The topological polar surface area (TPSA) is 72.8 Å².